The van der Waals surface area contributed by atoms with E-state index in [1.807, 2.05) is 24.1 Å². The Hall–Kier alpha value is -2.62. The van der Waals surface area contributed by atoms with Gasteiger partial charge in [-0.3, -0.25) is 9.69 Å². The third kappa shape index (κ3) is 4.84. The number of carbonyl (C=O) groups excluding carboxylic acids is 1. The SMILES string of the molecule is COc1ccc2c(c1)N(C)/C(=C1\SC(=Nc3ccc(N4CCOCC4)cc3)N(C3CCCCC3)C1=O)S2. The quantitative estimate of drug-likeness (QED) is 0.455. The predicted octanol–water partition coefficient (Wildman–Crippen LogP) is 5.84. The zero-order valence-corrected chi connectivity index (χ0v) is 22.9. The van der Waals surface area contributed by atoms with Crippen LogP contribution >= 0.6 is 23.5 Å². The summed E-state index contributed by atoms with van der Waals surface area (Å²) in [6.45, 7) is 3.34. The predicted molar refractivity (Wildman–Crippen MR) is 152 cm³/mol. The number of thioether (sulfide) groups is 2. The normalized spacial score (nSPS) is 23.8. The molecule has 0 aromatic heterocycles. The van der Waals surface area contributed by atoms with Crippen molar-refractivity contribution >= 4 is 51.7 Å². The fraction of sp³-hybridized carbons (Fsp3) is 0.429. The van der Waals surface area contributed by atoms with Crippen LogP contribution in [-0.2, 0) is 9.53 Å². The first kappa shape index (κ1) is 24.7. The third-order valence-electron chi connectivity index (χ3n) is 7.44. The average Bonchev–Trinajstić information content (AvgIpc) is 3.45. The van der Waals surface area contributed by atoms with E-state index in [0.717, 1.165) is 89.1 Å². The topological polar surface area (TPSA) is 57.6 Å². The van der Waals surface area contributed by atoms with Crippen molar-refractivity contribution in [2.24, 2.45) is 4.99 Å². The fourth-order valence-corrected chi connectivity index (χ4v) is 7.76. The minimum atomic E-state index is 0.0784. The summed E-state index contributed by atoms with van der Waals surface area (Å²) in [5, 5.41) is 1.76. The van der Waals surface area contributed by atoms with Crippen LogP contribution in [-0.4, -0.2) is 62.5 Å². The fourth-order valence-electron chi connectivity index (χ4n) is 5.38. The van der Waals surface area contributed by atoms with Crippen molar-refractivity contribution < 1.29 is 14.3 Å². The number of hydrogen-bond donors (Lipinski definition) is 0. The zero-order chi connectivity index (χ0) is 25.4. The highest BCUT2D eigenvalue weighted by atomic mass is 32.2. The van der Waals surface area contributed by atoms with E-state index in [1.54, 1.807) is 18.9 Å². The first-order chi connectivity index (χ1) is 18.1. The Kier molecular flexibility index (Phi) is 7.10. The molecule has 3 aliphatic heterocycles. The monoisotopic (exact) mass is 536 g/mol. The van der Waals surface area contributed by atoms with Gasteiger partial charge in [0, 0.05) is 42.8 Å². The molecule has 9 heteroatoms. The maximum absolute atomic E-state index is 14.0. The number of benzene rings is 2. The molecule has 1 saturated carbocycles. The summed E-state index contributed by atoms with van der Waals surface area (Å²) in [6.07, 6.45) is 5.62. The van der Waals surface area contributed by atoms with E-state index in [9.17, 15) is 4.79 Å². The Morgan fingerprint density at radius 1 is 1.00 bits per heavy atom. The second kappa shape index (κ2) is 10.6. The molecule has 37 heavy (non-hydrogen) atoms. The van der Waals surface area contributed by atoms with Crippen molar-refractivity contribution in [2.45, 2.75) is 43.0 Å². The third-order valence-corrected chi connectivity index (χ3v) is 9.84. The summed E-state index contributed by atoms with van der Waals surface area (Å²) in [4.78, 5) is 27.3. The van der Waals surface area contributed by atoms with Crippen LogP contribution in [0.25, 0.3) is 0 Å². The average molecular weight is 537 g/mol. The van der Waals surface area contributed by atoms with Gasteiger partial charge < -0.3 is 19.3 Å². The lowest BCUT2D eigenvalue weighted by Gasteiger charge is -2.30. The van der Waals surface area contributed by atoms with Crippen LogP contribution in [0.1, 0.15) is 32.1 Å². The van der Waals surface area contributed by atoms with Crippen molar-refractivity contribution in [1.82, 2.24) is 4.90 Å². The Morgan fingerprint density at radius 3 is 2.49 bits per heavy atom. The minimum Gasteiger partial charge on any atom is -0.497 e. The maximum atomic E-state index is 14.0. The molecule has 3 fully saturated rings. The van der Waals surface area contributed by atoms with Crippen LogP contribution in [0.2, 0.25) is 0 Å². The summed E-state index contributed by atoms with van der Waals surface area (Å²) in [5.74, 6) is 0.893. The largest absolute Gasteiger partial charge is 0.497 e. The lowest BCUT2D eigenvalue weighted by Crippen LogP contribution is -2.40. The maximum Gasteiger partial charge on any atom is 0.269 e. The lowest BCUT2D eigenvalue weighted by molar-refractivity contribution is -0.124. The molecular weight excluding hydrogens is 504 g/mol. The van der Waals surface area contributed by atoms with E-state index in [0.29, 0.717) is 0 Å². The van der Waals surface area contributed by atoms with E-state index in [2.05, 4.69) is 40.1 Å². The molecule has 0 radical (unpaired) electrons. The summed E-state index contributed by atoms with van der Waals surface area (Å²) in [5.41, 5.74) is 3.12. The molecule has 3 heterocycles. The standard InChI is InChI=1S/C28H32N4O3S2/c1-30-23-18-22(34-2)12-13-24(23)36-27(30)25-26(33)32(21-6-4-3-5-7-21)28(37-25)29-19-8-10-20(11-9-19)31-14-16-35-17-15-31/h8-13,18,21H,3-7,14-17H2,1-2H3/b27-25+,29-28?. The van der Waals surface area contributed by atoms with Crippen molar-refractivity contribution in [3.8, 4) is 5.75 Å². The van der Waals surface area contributed by atoms with E-state index < -0.39 is 0 Å². The van der Waals surface area contributed by atoms with Gasteiger partial charge in [0.25, 0.3) is 5.91 Å². The van der Waals surface area contributed by atoms with E-state index in [1.165, 1.54) is 23.9 Å². The van der Waals surface area contributed by atoms with Gasteiger partial charge in [-0.25, -0.2) is 4.99 Å². The molecule has 2 aromatic carbocycles. The number of hydrogen-bond acceptors (Lipinski definition) is 8. The number of amides is 1. The van der Waals surface area contributed by atoms with Crippen molar-refractivity contribution in [2.75, 3.05) is 50.3 Å². The molecule has 4 aliphatic rings. The van der Waals surface area contributed by atoms with Crippen LogP contribution in [0, 0.1) is 0 Å². The van der Waals surface area contributed by atoms with Gasteiger partial charge in [-0.2, -0.15) is 0 Å². The molecular formula is C28H32N4O3S2. The van der Waals surface area contributed by atoms with Gasteiger partial charge >= 0.3 is 0 Å². The van der Waals surface area contributed by atoms with Gasteiger partial charge in [-0.1, -0.05) is 31.0 Å². The number of morpholine rings is 1. The number of rotatable bonds is 4. The molecule has 0 atom stereocenters. The minimum absolute atomic E-state index is 0.0784. The highest BCUT2D eigenvalue weighted by Crippen LogP contribution is 2.51. The number of anilines is 2. The molecule has 194 valence electrons. The van der Waals surface area contributed by atoms with Crippen molar-refractivity contribution in [1.29, 1.82) is 0 Å². The van der Waals surface area contributed by atoms with Crippen molar-refractivity contribution in [3.63, 3.8) is 0 Å². The molecule has 2 saturated heterocycles. The second-order valence-corrected chi connectivity index (χ2v) is 11.7. The van der Waals surface area contributed by atoms with Crippen molar-refractivity contribution in [3.05, 3.63) is 52.4 Å². The highest BCUT2D eigenvalue weighted by Gasteiger charge is 2.42. The second-order valence-electron chi connectivity index (χ2n) is 9.71. The van der Waals surface area contributed by atoms with E-state index in [-0.39, 0.29) is 11.9 Å². The van der Waals surface area contributed by atoms with E-state index in [4.69, 9.17) is 14.5 Å². The molecule has 0 N–H and O–H groups in total. The number of methoxy groups -OCH3 is 1. The van der Waals surface area contributed by atoms with Gasteiger partial charge in [0.1, 0.15) is 10.7 Å². The molecule has 6 rings (SSSR count). The van der Waals surface area contributed by atoms with Gasteiger partial charge in [0.2, 0.25) is 0 Å². The zero-order valence-electron chi connectivity index (χ0n) is 21.3. The van der Waals surface area contributed by atoms with Gasteiger partial charge in [-0.15, -0.1) is 0 Å². The highest BCUT2D eigenvalue weighted by molar-refractivity contribution is 8.19. The number of fused-ring (bicyclic) bond motifs is 1. The number of amidine groups is 1. The number of ether oxygens (including phenoxy) is 2. The van der Waals surface area contributed by atoms with Crippen LogP contribution < -0.4 is 14.5 Å². The first-order valence-corrected chi connectivity index (χ1v) is 14.6. The van der Waals surface area contributed by atoms with Crippen LogP contribution in [0.15, 0.2) is 62.3 Å². The van der Waals surface area contributed by atoms with Gasteiger partial charge in [-0.05, 0) is 61.0 Å². The Bertz CT molecular complexity index is 1230. The van der Waals surface area contributed by atoms with Crippen LogP contribution in [0.5, 0.6) is 5.75 Å². The van der Waals surface area contributed by atoms with E-state index >= 15 is 0 Å². The summed E-state index contributed by atoms with van der Waals surface area (Å²) >= 11 is 3.16. The Morgan fingerprint density at radius 2 is 1.76 bits per heavy atom. The number of carbonyl (C=O) groups is 1. The van der Waals surface area contributed by atoms with Crippen LogP contribution in [0.4, 0.5) is 17.1 Å². The smallest absolute Gasteiger partial charge is 0.269 e. The number of aliphatic imine (C=N–C) groups is 1. The molecule has 0 bridgehead atoms. The first-order valence-electron chi connectivity index (χ1n) is 13.0. The molecule has 7 nitrogen and oxygen atoms in total. The summed E-state index contributed by atoms with van der Waals surface area (Å²) in [7, 11) is 3.71. The molecule has 2 aromatic rings. The summed E-state index contributed by atoms with van der Waals surface area (Å²) in [6, 6.07) is 14.6. The molecule has 0 spiro atoms. The molecule has 1 aliphatic carbocycles. The summed E-state index contributed by atoms with van der Waals surface area (Å²) < 4.78 is 10.9. The Balaban J connectivity index is 1.32. The van der Waals surface area contributed by atoms with Gasteiger partial charge in [0.05, 0.1) is 36.7 Å². The Labute approximate surface area is 226 Å². The molecule has 1 amide bonds. The van der Waals surface area contributed by atoms with Gasteiger partial charge in [0.15, 0.2) is 5.17 Å². The molecule has 0 unspecified atom stereocenters. The number of nitrogens with zero attached hydrogens (tertiary/aromatic N) is 4. The lowest BCUT2D eigenvalue weighted by atomic mass is 9.94. The van der Waals surface area contributed by atoms with Crippen LogP contribution in [0.3, 0.4) is 0 Å².